The first kappa shape index (κ1) is 25.4. The summed E-state index contributed by atoms with van der Waals surface area (Å²) in [5, 5.41) is 0. The number of anilines is 1. The predicted octanol–water partition coefficient (Wildman–Crippen LogP) is 3.10. The quantitative estimate of drug-likeness (QED) is 0.347. The minimum atomic E-state index is -0.790. The standard InChI is InChI=1S/C29H27N3O5S/c1-5-15-31-21-10-8-7-9-20(21)23(26(31)33)25-27(34)32-24(18-11-13-19(36-4)14-12-18)22(28(35)37-16-6-2)17(3)30-29(32)38-25/h6-14,24H,2,5,15-16H2,1,3-4H3. The van der Waals surface area contributed by atoms with Gasteiger partial charge in [0.1, 0.15) is 16.9 Å². The number of hydrogen-bond donors (Lipinski definition) is 0. The molecule has 1 aromatic heterocycles. The molecule has 2 aromatic carbocycles. The van der Waals surface area contributed by atoms with Crippen molar-refractivity contribution in [1.82, 2.24) is 4.57 Å². The Morgan fingerprint density at radius 3 is 2.58 bits per heavy atom. The fraction of sp³-hybridized carbons (Fsp3) is 0.241. The first-order valence-electron chi connectivity index (χ1n) is 12.3. The lowest BCUT2D eigenvalue weighted by Gasteiger charge is -2.24. The second kappa shape index (κ2) is 10.3. The third kappa shape index (κ3) is 4.09. The predicted molar refractivity (Wildman–Crippen MR) is 146 cm³/mol. The molecule has 2 aliphatic rings. The molecule has 1 amide bonds. The van der Waals surface area contributed by atoms with Crippen molar-refractivity contribution in [3.63, 3.8) is 0 Å². The van der Waals surface area contributed by atoms with Gasteiger partial charge in [0.25, 0.3) is 11.5 Å². The van der Waals surface area contributed by atoms with Gasteiger partial charge in [0.15, 0.2) is 4.80 Å². The molecule has 3 aromatic rings. The summed E-state index contributed by atoms with van der Waals surface area (Å²) in [7, 11) is 1.57. The number of rotatable bonds is 7. The fourth-order valence-electron chi connectivity index (χ4n) is 4.89. The zero-order chi connectivity index (χ0) is 27.0. The number of nitrogens with zero attached hydrogens (tertiary/aromatic N) is 3. The molecule has 2 aliphatic heterocycles. The van der Waals surface area contributed by atoms with Crippen LogP contribution in [0, 0.1) is 0 Å². The molecule has 8 nitrogen and oxygen atoms in total. The van der Waals surface area contributed by atoms with E-state index in [0.29, 0.717) is 38.5 Å². The summed E-state index contributed by atoms with van der Waals surface area (Å²) >= 11 is 1.16. The molecule has 194 valence electrons. The second-order valence-electron chi connectivity index (χ2n) is 8.91. The number of carbonyl (C=O) groups is 2. The maximum Gasteiger partial charge on any atom is 0.338 e. The number of carbonyl (C=O) groups excluding carboxylic acids is 2. The number of ether oxygens (including phenoxy) is 2. The molecule has 38 heavy (non-hydrogen) atoms. The van der Waals surface area contributed by atoms with Crippen LogP contribution in [0.1, 0.15) is 37.4 Å². The molecule has 0 N–H and O–H groups in total. The van der Waals surface area contributed by atoms with Crippen molar-refractivity contribution in [2.24, 2.45) is 4.99 Å². The highest BCUT2D eigenvalue weighted by Crippen LogP contribution is 2.36. The van der Waals surface area contributed by atoms with Crippen LogP contribution in [0.3, 0.4) is 0 Å². The summed E-state index contributed by atoms with van der Waals surface area (Å²) in [5.41, 5.74) is 2.88. The SMILES string of the molecule is C=CCOC(=O)C1=C(C)N=c2sc(=C3C(=O)N(CCC)c4ccccc43)c(=O)n2C1c1ccc(OC)cc1. The van der Waals surface area contributed by atoms with E-state index < -0.39 is 12.0 Å². The van der Waals surface area contributed by atoms with E-state index in [1.54, 1.807) is 31.1 Å². The van der Waals surface area contributed by atoms with Gasteiger partial charge in [-0.2, -0.15) is 0 Å². The van der Waals surface area contributed by atoms with E-state index in [1.807, 2.05) is 43.3 Å². The van der Waals surface area contributed by atoms with Gasteiger partial charge in [0.2, 0.25) is 0 Å². The Morgan fingerprint density at radius 2 is 1.89 bits per heavy atom. The van der Waals surface area contributed by atoms with E-state index in [4.69, 9.17) is 9.47 Å². The Kier molecular flexibility index (Phi) is 6.86. The first-order chi connectivity index (χ1) is 18.4. The number of aromatic nitrogens is 1. The number of esters is 1. The maximum atomic E-state index is 14.1. The lowest BCUT2D eigenvalue weighted by molar-refractivity contribution is -0.138. The van der Waals surface area contributed by atoms with Crippen LogP contribution in [0.15, 0.2) is 82.2 Å². The van der Waals surface area contributed by atoms with Crippen LogP contribution in [0.25, 0.3) is 5.57 Å². The molecule has 0 fully saturated rings. The monoisotopic (exact) mass is 529 g/mol. The third-order valence-electron chi connectivity index (χ3n) is 6.58. The van der Waals surface area contributed by atoms with Crippen LogP contribution >= 0.6 is 11.3 Å². The Hall–Kier alpha value is -4.24. The molecule has 1 atom stereocenters. The number of thiazole rings is 1. The van der Waals surface area contributed by atoms with Gasteiger partial charge >= 0.3 is 5.97 Å². The largest absolute Gasteiger partial charge is 0.497 e. The Morgan fingerprint density at radius 1 is 1.16 bits per heavy atom. The van der Waals surface area contributed by atoms with Crippen LogP contribution < -0.4 is 24.5 Å². The summed E-state index contributed by atoms with van der Waals surface area (Å²) in [6, 6.07) is 13.9. The zero-order valence-corrected chi connectivity index (χ0v) is 22.2. The molecular formula is C29H27N3O5S. The van der Waals surface area contributed by atoms with Gasteiger partial charge in [-0.15, -0.1) is 0 Å². The van der Waals surface area contributed by atoms with E-state index in [1.165, 1.54) is 10.6 Å². The van der Waals surface area contributed by atoms with Crippen molar-refractivity contribution in [2.45, 2.75) is 26.3 Å². The summed E-state index contributed by atoms with van der Waals surface area (Å²) in [4.78, 5) is 47.7. The third-order valence-corrected chi connectivity index (χ3v) is 7.63. The van der Waals surface area contributed by atoms with Crippen molar-refractivity contribution in [3.05, 3.63) is 103 Å². The van der Waals surface area contributed by atoms with Crippen LogP contribution in [0.5, 0.6) is 5.75 Å². The van der Waals surface area contributed by atoms with Gasteiger partial charge in [-0.1, -0.05) is 61.2 Å². The van der Waals surface area contributed by atoms with E-state index in [2.05, 4.69) is 11.6 Å². The molecule has 5 rings (SSSR count). The highest BCUT2D eigenvalue weighted by Gasteiger charge is 2.37. The van der Waals surface area contributed by atoms with Crippen LogP contribution in [-0.4, -0.2) is 36.7 Å². The number of allylic oxidation sites excluding steroid dienone is 1. The topological polar surface area (TPSA) is 90.2 Å². The lowest BCUT2D eigenvalue weighted by Crippen LogP contribution is -2.41. The van der Waals surface area contributed by atoms with Crippen molar-refractivity contribution in [1.29, 1.82) is 0 Å². The molecular weight excluding hydrogens is 502 g/mol. The molecule has 0 saturated heterocycles. The van der Waals surface area contributed by atoms with Crippen molar-refractivity contribution in [2.75, 3.05) is 25.2 Å². The Bertz CT molecular complexity index is 1660. The zero-order valence-electron chi connectivity index (χ0n) is 21.4. The minimum absolute atomic E-state index is 0.0259. The minimum Gasteiger partial charge on any atom is -0.497 e. The second-order valence-corrected chi connectivity index (χ2v) is 9.89. The van der Waals surface area contributed by atoms with Crippen LogP contribution in [0.4, 0.5) is 5.69 Å². The lowest BCUT2D eigenvalue weighted by atomic mass is 9.96. The highest BCUT2D eigenvalue weighted by molar-refractivity contribution is 7.07. The van der Waals surface area contributed by atoms with Crippen molar-refractivity contribution >= 4 is 34.5 Å². The number of fused-ring (bicyclic) bond motifs is 2. The van der Waals surface area contributed by atoms with Gasteiger partial charge in [-0.05, 0) is 37.1 Å². The highest BCUT2D eigenvalue weighted by atomic mass is 32.1. The van der Waals surface area contributed by atoms with E-state index in [0.717, 1.165) is 29.0 Å². The first-order valence-corrected chi connectivity index (χ1v) is 13.1. The molecule has 0 spiro atoms. The number of amides is 1. The van der Waals surface area contributed by atoms with E-state index in [9.17, 15) is 14.4 Å². The summed E-state index contributed by atoms with van der Waals surface area (Å²) in [6.45, 7) is 7.91. The molecule has 9 heteroatoms. The van der Waals surface area contributed by atoms with Crippen LogP contribution in [-0.2, 0) is 14.3 Å². The molecule has 1 unspecified atom stereocenters. The molecule has 0 bridgehead atoms. The molecule has 0 aliphatic carbocycles. The van der Waals surface area contributed by atoms with Crippen molar-refractivity contribution in [3.8, 4) is 5.75 Å². The normalized spacial score (nSPS) is 17.6. The summed E-state index contributed by atoms with van der Waals surface area (Å²) < 4.78 is 12.5. The fourth-order valence-corrected chi connectivity index (χ4v) is 6.03. The van der Waals surface area contributed by atoms with E-state index >= 15 is 0 Å². The Labute approximate surface area is 223 Å². The number of methoxy groups -OCH3 is 1. The van der Waals surface area contributed by atoms with Gasteiger partial charge in [-0.3, -0.25) is 14.2 Å². The molecule has 3 heterocycles. The molecule has 0 saturated carbocycles. The van der Waals surface area contributed by atoms with E-state index in [-0.39, 0.29) is 23.6 Å². The number of para-hydroxylation sites is 1. The maximum absolute atomic E-state index is 14.1. The van der Waals surface area contributed by atoms with Gasteiger partial charge in [0, 0.05) is 12.1 Å². The Balaban J connectivity index is 1.78. The van der Waals surface area contributed by atoms with Gasteiger partial charge in [-0.25, -0.2) is 9.79 Å². The smallest absolute Gasteiger partial charge is 0.338 e. The number of hydrogen-bond acceptors (Lipinski definition) is 7. The van der Waals surface area contributed by atoms with Gasteiger partial charge < -0.3 is 14.4 Å². The summed E-state index contributed by atoms with van der Waals surface area (Å²) in [5.74, 6) is -0.147. The number of benzene rings is 2. The van der Waals surface area contributed by atoms with Gasteiger partial charge in [0.05, 0.1) is 35.7 Å². The van der Waals surface area contributed by atoms with Crippen molar-refractivity contribution < 1.29 is 19.1 Å². The molecule has 0 radical (unpaired) electrons. The average Bonchev–Trinajstić information content (AvgIpc) is 3.39. The van der Waals surface area contributed by atoms with Crippen LogP contribution in [0.2, 0.25) is 0 Å². The summed E-state index contributed by atoms with van der Waals surface area (Å²) in [6.07, 6.45) is 2.26. The average molecular weight is 530 g/mol.